The number of hydrogen-bond acceptors (Lipinski definition) is 4. The maximum absolute atomic E-state index is 13.6. The molecule has 0 spiro atoms. The van der Waals surface area contributed by atoms with Crippen LogP contribution in [0.5, 0.6) is 0 Å². The summed E-state index contributed by atoms with van der Waals surface area (Å²) < 4.78 is 52.2. The maximum Gasteiger partial charge on any atom is 0.241 e. The predicted molar refractivity (Wildman–Crippen MR) is 122 cm³/mol. The highest BCUT2D eigenvalue weighted by Crippen LogP contribution is 2.36. The first-order valence-electron chi connectivity index (χ1n) is 10.0. The lowest BCUT2D eigenvalue weighted by Gasteiger charge is -2.29. The molecule has 0 N–H and O–H groups in total. The Labute approximate surface area is 193 Å². The van der Waals surface area contributed by atoms with Gasteiger partial charge in [0, 0.05) is 25.3 Å². The monoisotopic (exact) mass is 468 g/mol. The quantitative estimate of drug-likeness (QED) is 0.281. The van der Waals surface area contributed by atoms with Gasteiger partial charge in [-0.1, -0.05) is 12.1 Å². The number of halogens is 2. The number of rotatable bonds is 7. The Morgan fingerprint density at radius 3 is 1.91 bits per heavy atom. The predicted octanol–water partition coefficient (Wildman–Crippen LogP) is 5.05. The van der Waals surface area contributed by atoms with E-state index in [0.717, 1.165) is 5.56 Å². The third kappa shape index (κ3) is 4.43. The molecular formula is C25H22F2N2O3S. The van der Waals surface area contributed by atoms with E-state index >= 15 is 0 Å². The minimum atomic E-state index is -1.40. The Hall–Kier alpha value is -3.04. The van der Waals surface area contributed by atoms with Crippen molar-refractivity contribution in [2.45, 2.75) is 10.7 Å². The van der Waals surface area contributed by atoms with Crippen LogP contribution >= 0.6 is 0 Å². The third-order valence-electron chi connectivity index (χ3n) is 5.40. The summed E-state index contributed by atoms with van der Waals surface area (Å²) in [5, 5.41) is 4.75. The summed E-state index contributed by atoms with van der Waals surface area (Å²) >= 11 is -1.11. The van der Waals surface area contributed by atoms with Crippen LogP contribution in [0.2, 0.25) is 0 Å². The molecule has 0 saturated carbocycles. The van der Waals surface area contributed by atoms with Gasteiger partial charge in [-0.15, -0.1) is 0 Å². The summed E-state index contributed by atoms with van der Waals surface area (Å²) in [6.45, 7) is 0. The molecular weight excluding hydrogens is 446 g/mol. The molecule has 0 radical (unpaired) electrons. The number of methoxy groups -OCH3 is 2. The van der Waals surface area contributed by atoms with Crippen molar-refractivity contribution >= 4 is 11.2 Å². The summed E-state index contributed by atoms with van der Waals surface area (Å²) in [5.74, 6) is -2.15. The normalized spacial score (nSPS) is 12.7. The summed E-state index contributed by atoms with van der Waals surface area (Å²) in [6, 6.07) is 20.8. The van der Waals surface area contributed by atoms with E-state index in [1.807, 2.05) is 12.1 Å². The van der Waals surface area contributed by atoms with Crippen molar-refractivity contribution in [1.29, 1.82) is 0 Å². The SMILES string of the molecule is COC(OC)(c1ccc(F)cc1)c1cc(-c2ccc([S+](C)[O-])cc2)n(-c2ccc(F)cc2)n1. The lowest BCUT2D eigenvalue weighted by atomic mass is 10.0. The van der Waals surface area contributed by atoms with Crippen molar-refractivity contribution < 1.29 is 22.8 Å². The number of aromatic nitrogens is 2. The molecule has 1 heterocycles. The Balaban J connectivity index is 1.91. The molecule has 170 valence electrons. The maximum atomic E-state index is 13.6. The molecule has 1 atom stereocenters. The standard InChI is InChI=1S/C25H22F2N2O3S/c1-31-25(32-2,18-6-8-19(26)9-7-18)24-16-23(17-4-14-22(15-5-17)33(3)30)29(28-24)21-12-10-20(27)11-13-21/h4-16H,1-3H3. The molecule has 0 bridgehead atoms. The highest BCUT2D eigenvalue weighted by molar-refractivity contribution is 7.90. The van der Waals surface area contributed by atoms with Gasteiger partial charge in [-0.05, 0) is 77.9 Å². The zero-order chi connectivity index (χ0) is 23.6. The van der Waals surface area contributed by atoms with Crippen LogP contribution in [0.15, 0.2) is 83.8 Å². The first-order chi connectivity index (χ1) is 15.9. The smallest absolute Gasteiger partial charge is 0.241 e. The van der Waals surface area contributed by atoms with Gasteiger partial charge < -0.3 is 14.0 Å². The lowest BCUT2D eigenvalue weighted by molar-refractivity contribution is -0.186. The van der Waals surface area contributed by atoms with Crippen LogP contribution in [0.25, 0.3) is 16.9 Å². The fourth-order valence-electron chi connectivity index (χ4n) is 3.69. The van der Waals surface area contributed by atoms with Crippen molar-refractivity contribution in [2.75, 3.05) is 20.5 Å². The molecule has 0 aliphatic carbocycles. The summed E-state index contributed by atoms with van der Waals surface area (Å²) in [4.78, 5) is 0.696. The molecule has 0 aliphatic heterocycles. The molecule has 0 saturated heterocycles. The van der Waals surface area contributed by atoms with Crippen LogP contribution in [-0.4, -0.2) is 34.8 Å². The number of hydrogen-bond donors (Lipinski definition) is 0. The molecule has 0 aliphatic rings. The second-order valence-corrected chi connectivity index (χ2v) is 8.69. The lowest BCUT2D eigenvalue weighted by Crippen LogP contribution is -2.33. The van der Waals surface area contributed by atoms with Crippen LogP contribution in [0, 0.1) is 11.6 Å². The molecule has 1 unspecified atom stereocenters. The molecule has 33 heavy (non-hydrogen) atoms. The Bertz CT molecular complexity index is 1220. The number of nitrogens with zero attached hydrogens (tertiary/aromatic N) is 2. The largest absolute Gasteiger partial charge is 0.612 e. The first kappa shape index (κ1) is 23.1. The molecule has 4 rings (SSSR count). The van der Waals surface area contributed by atoms with Gasteiger partial charge in [-0.3, -0.25) is 0 Å². The van der Waals surface area contributed by atoms with Gasteiger partial charge in [0.2, 0.25) is 5.79 Å². The van der Waals surface area contributed by atoms with E-state index in [2.05, 4.69) is 0 Å². The van der Waals surface area contributed by atoms with Gasteiger partial charge in [0.05, 0.1) is 11.4 Å². The Morgan fingerprint density at radius 1 is 0.848 bits per heavy atom. The molecule has 0 fully saturated rings. The van der Waals surface area contributed by atoms with Gasteiger partial charge in [0.25, 0.3) is 0 Å². The van der Waals surface area contributed by atoms with Gasteiger partial charge in [-0.2, -0.15) is 5.10 Å². The fraction of sp³-hybridized carbons (Fsp3) is 0.160. The van der Waals surface area contributed by atoms with E-state index in [9.17, 15) is 13.3 Å². The molecule has 1 aromatic heterocycles. The van der Waals surface area contributed by atoms with E-state index in [0.29, 0.717) is 27.5 Å². The highest BCUT2D eigenvalue weighted by atomic mass is 32.2. The molecule has 3 aromatic carbocycles. The second-order valence-electron chi connectivity index (χ2n) is 7.31. The molecule has 5 nitrogen and oxygen atoms in total. The van der Waals surface area contributed by atoms with Crippen LogP contribution < -0.4 is 0 Å². The van der Waals surface area contributed by atoms with E-state index in [4.69, 9.17) is 14.6 Å². The zero-order valence-corrected chi connectivity index (χ0v) is 19.1. The Morgan fingerprint density at radius 2 is 1.39 bits per heavy atom. The average Bonchev–Trinajstić information content (AvgIpc) is 3.27. The first-order valence-corrected chi connectivity index (χ1v) is 11.6. The van der Waals surface area contributed by atoms with Gasteiger partial charge in [0.1, 0.15) is 23.6 Å². The minimum absolute atomic E-state index is 0.364. The molecule has 8 heteroatoms. The number of benzene rings is 3. The Kier molecular flexibility index (Phi) is 6.62. The van der Waals surface area contributed by atoms with Crippen molar-refractivity contribution in [3.63, 3.8) is 0 Å². The highest BCUT2D eigenvalue weighted by Gasteiger charge is 2.38. The average molecular weight is 469 g/mol. The third-order valence-corrected chi connectivity index (χ3v) is 6.33. The van der Waals surface area contributed by atoms with Gasteiger partial charge in [0.15, 0.2) is 4.90 Å². The summed E-state index contributed by atoms with van der Waals surface area (Å²) in [6.07, 6.45) is 1.62. The second kappa shape index (κ2) is 9.44. The van der Waals surface area contributed by atoms with E-state index in [1.165, 1.54) is 38.5 Å². The summed E-state index contributed by atoms with van der Waals surface area (Å²) in [5.41, 5.74) is 3.08. The van der Waals surface area contributed by atoms with Crippen molar-refractivity contribution in [3.05, 3.63) is 102 Å². The van der Waals surface area contributed by atoms with Crippen molar-refractivity contribution in [2.24, 2.45) is 0 Å². The fourth-order valence-corrected chi connectivity index (χ4v) is 4.21. The van der Waals surface area contributed by atoms with E-state index < -0.39 is 17.0 Å². The van der Waals surface area contributed by atoms with Crippen LogP contribution in [0.3, 0.4) is 0 Å². The van der Waals surface area contributed by atoms with Crippen molar-refractivity contribution in [3.8, 4) is 16.9 Å². The summed E-state index contributed by atoms with van der Waals surface area (Å²) in [7, 11) is 2.96. The molecule has 4 aromatic rings. The number of ether oxygens (including phenoxy) is 2. The van der Waals surface area contributed by atoms with Crippen molar-refractivity contribution in [1.82, 2.24) is 9.78 Å². The zero-order valence-electron chi connectivity index (χ0n) is 18.3. The topological polar surface area (TPSA) is 59.3 Å². The van der Waals surface area contributed by atoms with Crippen LogP contribution in [-0.2, 0) is 26.4 Å². The minimum Gasteiger partial charge on any atom is -0.612 e. The van der Waals surface area contributed by atoms with Crippen LogP contribution in [0.1, 0.15) is 11.3 Å². The van der Waals surface area contributed by atoms with Gasteiger partial charge in [-0.25, -0.2) is 13.5 Å². The molecule has 0 amide bonds. The van der Waals surface area contributed by atoms with Gasteiger partial charge >= 0.3 is 0 Å². The van der Waals surface area contributed by atoms with E-state index in [1.54, 1.807) is 53.4 Å². The van der Waals surface area contributed by atoms with Crippen LogP contribution in [0.4, 0.5) is 8.78 Å². The van der Waals surface area contributed by atoms with E-state index in [-0.39, 0.29) is 11.6 Å².